The van der Waals surface area contributed by atoms with E-state index in [1.165, 1.54) is 10.7 Å². The molecule has 1 heterocycles. The second-order valence-corrected chi connectivity index (χ2v) is 4.66. The predicted molar refractivity (Wildman–Crippen MR) is 78.6 cm³/mol. The summed E-state index contributed by atoms with van der Waals surface area (Å²) in [4.78, 5) is 23.7. The number of ether oxygens (including phenoxy) is 1. The smallest absolute Gasteiger partial charge is 0.356 e. The van der Waals surface area contributed by atoms with Crippen LogP contribution in [-0.2, 0) is 11.8 Å². The summed E-state index contributed by atoms with van der Waals surface area (Å²) >= 11 is 5.77. The summed E-state index contributed by atoms with van der Waals surface area (Å²) in [6.45, 7) is 1.97. The van der Waals surface area contributed by atoms with Crippen LogP contribution >= 0.6 is 11.6 Å². The monoisotopic (exact) mass is 307 g/mol. The van der Waals surface area contributed by atoms with E-state index in [1.807, 2.05) is 0 Å². The summed E-state index contributed by atoms with van der Waals surface area (Å²) in [6, 6.07) is 8.08. The van der Waals surface area contributed by atoms with Crippen molar-refractivity contribution >= 4 is 29.2 Å². The van der Waals surface area contributed by atoms with E-state index >= 15 is 0 Å². The molecule has 0 saturated carbocycles. The minimum absolute atomic E-state index is 0.135. The summed E-state index contributed by atoms with van der Waals surface area (Å²) in [5.74, 6) is -0.929. The van der Waals surface area contributed by atoms with Crippen LogP contribution < -0.4 is 5.32 Å². The third-order valence-electron chi connectivity index (χ3n) is 2.70. The Hall–Kier alpha value is -2.34. The Morgan fingerprint density at radius 3 is 2.62 bits per heavy atom. The van der Waals surface area contributed by atoms with Crippen LogP contribution in [0.2, 0.25) is 5.02 Å². The highest BCUT2D eigenvalue weighted by Gasteiger charge is 2.18. The lowest BCUT2D eigenvalue weighted by atomic mass is 10.3. The quantitative estimate of drug-likeness (QED) is 0.881. The number of rotatable bonds is 4. The first-order valence-electron chi connectivity index (χ1n) is 6.29. The first-order chi connectivity index (χ1) is 10.0. The Bertz CT molecular complexity index is 665. The molecule has 0 bridgehead atoms. The van der Waals surface area contributed by atoms with Crippen molar-refractivity contribution in [3.8, 4) is 0 Å². The number of amides is 1. The minimum Gasteiger partial charge on any atom is -0.461 e. The molecule has 110 valence electrons. The molecule has 0 aliphatic heterocycles. The fraction of sp³-hybridized carbons (Fsp3) is 0.214. The second kappa shape index (κ2) is 6.41. The third kappa shape index (κ3) is 3.61. The maximum Gasteiger partial charge on any atom is 0.356 e. The van der Waals surface area contributed by atoms with Crippen molar-refractivity contribution in [2.45, 2.75) is 6.92 Å². The molecule has 6 nitrogen and oxygen atoms in total. The predicted octanol–water partition coefficient (Wildman–Crippen LogP) is 2.50. The maximum atomic E-state index is 12.1. The van der Waals surface area contributed by atoms with Crippen LogP contribution in [0.1, 0.15) is 27.9 Å². The maximum absolute atomic E-state index is 12.1. The molecule has 0 spiro atoms. The molecule has 7 heteroatoms. The van der Waals surface area contributed by atoms with Gasteiger partial charge >= 0.3 is 5.97 Å². The lowest BCUT2D eigenvalue weighted by Gasteiger charge is -2.02. The molecule has 21 heavy (non-hydrogen) atoms. The number of nitrogens with zero attached hydrogens (tertiary/aromatic N) is 2. The van der Waals surface area contributed by atoms with E-state index in [0.717, 1.165) is 0 Å². The average Bonchev–Trinajstić information content (AvgIpc) is 2.84. The molecule has 0 atom stereocenters. The molecule has 0 saturated heterocycles. The van der Waals surface area contributed by atoms with E-state index < -0.39 is 11.9 Å². The lowest BCUT2D eigenvalue weighted by molar-refractivity contribution is 0.0513. The van der Waals surface area contributed by atoms with Crippen LogP contribution in [-0.4, -0.2) is 28.3 Å². The second-order valence-electron chi connectivity index (χ2n) is 4.22. The van der Waals surface area contributed by atoms with Crippen molar-refractivity contribution in [2.75, 3.05) is 11.9 Å². The number of aromatic nitrogens is 2. The standard InChI is InChI=1S/C14H14ClN3O3/c1-3-21-14(20)12-8-11(17-18(12)2)13(19)16-10-6-4-9(15)5-7-10/h4-8H,3H2,1-2H3,(H,16,19). The summed E-state index contributed by atoms with van der Waals surface area (Å²) in [5, 5.41) is 7.26. The molecule has 1 aromatic carbocycles. The van der Waals surface area contributed by atoms with Crippen molar-refractivity contribution in [3.63, 3.8) is 0 Å². The van der Waals surface area contributed by atoms with E-state index in [9.17, 15) is 9.59 Å². The Labute approximate surface area is 126 Å². The normalized spacial score (nSPS) is 10.2. The fourth-order valence-electron chi connectivity index (χ4n) is 1.70. The average molecular weight is 308 g/mol. The van der Waals surface area contributed by atoms with Gasteiger partial charge in [-0.1, -0.05) is 11.6 Å². The number of nitrogens with one attached hydrogen (secondary N) is 1. The van der Waals surface area contributed by atoms with Gasteiger partial charge in [0.1, 0.15) is 5.69 Å². The van der Waals surface area contributed by atoms with Crippen molar-refractivity contribution in [1.82, 2.24) is 9.78 Å². The van der Waals surface area contributed by atoms with Gasteiger partial charge in [0, 0.05) is 23.8 Å². The Balaban J connectivity index is 2.14. The number of halogens is 1. The number of benzene rings is 1. The van der Waals surface area contributed by atoms with E-state index in [1.54, 1.807) is 38.2 Å². The highest BCUT2D eigenvalue weighted by Crippen LogP contribution is 2.14. The van der Waals surface area contributed by atoms with Crippen molar-refractivity contribution < 1.29 is 14.3 Å². The Morgan fingerprint density at radius 2 is 2.00 bits per heavy atom. The number of esters is 1. The van der Waals surface area contributed by atoms with Crippen molar-refractivity contribution in [1.29, 1.82) is 0 Å². The van der Waals surface area contributed by atoms with Crippen LogP contribution in [0.4, 0.5) is 5.69 Å². The molecule has 0 aliphatic carbocycles. The van der Waals surface area contributed by atoms with E-state index in [4.69, 9.17) is 16.3 Å². The van der Waals surface area contributed by atoms with Crippen molar-refractivity contribution in [2.24, 2.45) is 7.05 Å². The van der Waals surface area contributed by atoms with Gasteiger partial charge in [0.25, 0.3) is 5.91 Å². The summed E-state index contributed by atoms with van der Waals surface area (Å²) in [7, 11) is 1.57. The molecule has 1 aromatic heterocycles. The van der Waals surface area contributed by atoms with Crippen LogP contribution in [0.5, 0.6) is 0 Å². The van der Waals surface area contributed by atoms with E-state index in [0.29, 0.717) is 10.7 Å². The number of carbonyl (C=O) groups excluding carboxylic acids is 2. The molecule has 0 radical (unpaired) electrons. The molecule has 2 rings (SSSR count). The van der Waals surface area contributed by atoms with Gasteiger partial charge in [-0.3, -0.25) is 9.48 Å². The highest BCUT2D eigenvalue weighted by molar-refractivity contribution is 6.30. The fourth-order valence-corrected chi connectivity index (χ4v) is 1.83. The third-order valence-corrected chi connectivity index (χ3v) is 2.95. The van der Waals surface area contributed by atoms with Crippen molar-refractivity contribution in [3.05, 3.63) is 46.7 Å². The van der Waals surface area contributed by atoms with Gasteiger partial charge < -0.3 is 10.1 Å². The molecule has 0 fully saturated rings. The molecule has 1 amide bonds. The van der Waals surface area contributed by atoms with Crippen LogP contribution in [0.15, 0.2) is 30.3 Å². The SMILES string of the molecule is CCOC(=O)c1cc(C(=O)Nc2ccc(Cl)cc2)nn1C. The van der Waals surface area contributed by atoms with Gasteiger partial charge in [0.05, 0.1) is 6.61 Å². The van der Waals surface area contributed by atoms with Crippen LogP contribution in [0.3, 0.4) is 0 Å². The van der Waals surface area contributed by atoms with Crippen LogP contribution in [0.25, 0.3) is 0 Å². The number of carbonyl (C=O) groups is 2. The topological polar surface area (TPSA) is 73.2 Å². The highest BCUT2D eigenvalue weighted by atomic mass is 35.5. The van der Waals surface area contributed by atoms with Crippen LogP contribution in [0, 0.1) is 0 Å². The van der Waals surface area contributed by atoms with Gasteiger partial charge in [0.15, 0.2) is 5.69 Å². The first-order valence-corrected chi connectivity index (χ1v) is 6.67. The zero-order chi connectivity index (χ0) is 15.4. The Kier molecular flexibility index (Phi) is 4.59. The number of anilines is 1. The first kappa shape index (κ1) is 15.1. The Morgan fingerprint density at radius 1 is 1.33 bits per heavy atom. The molecule has 1 N–H and O–H groups in total. The van der Waals surface area contributed by atoms with Gasteiger partial charge in [-0.05, 0) is 31.2 Å². The van der Waals surface area contributed by atoms with Gasteiger partial charge in [-0.25, -0.2) is 4.79 Å². The molecule has 0 aliphatic rings. The number of hydrogen-bond donors (Lipinski definition) is 1. The molecular formula is C14H14ClN3O3. The molecule has 0 unspecified atom stereocenters. The zero-order valence-electron chi connectivity index (χ0n) is 11.6. The molecular weight excluding hydrogens is 294 g/mol. The minimum atomic E-state index is -0.516. The van der Waals surface area contributed by atoms with E-state index in [-0.39, 0.29) is 18.0 Å². The largest absolute Gasteiger partial charge is 0.461 e. The summed E-state index contributed by atoms with van der Waals surface area (Å²) in [6.07, 6.45) is 0. The lowest BCUT2D eigenvalue weighted by Crippen LogP contribution is -2.12. The van der Waals surface area contributed by atoms with Gasteiger partial charge in [-0.15, -0.1) is 0 Å². The van der Waals surface area contributed by atoms with Gasteiger partial charge in [0.2, 0.25) is 0 Å². The number of aryl methyl sites for hydroxylation is 1. The molecule has 2 aromatic rings. The van der Waals surface area contributed by atoms with Gasteiger partial charge in [-0.2, -0.15) is 5.10 Å². The zero-order valence-corrected chi connectivity index (χ0v) is 12.3. The number of hydrogen-bond acceptors (Lipinski definition) is 4. The summed E-state index contributed by atoms with van der Waals surface area (Å²) in [5.41, 5.74) is 0.946. The summed E-state index contributed by atoms with van der Waals surface area (Å²) < 4.78 is 6.20. The van der Waals surface area contributed by atoms with E-state index in [2.05, 4.69) is 10.4 Å².